The number of carbonyl (C=O) groups excluding carboxylic acids is 1. The van der Waals surface area contributed by atoms with Crippen molar-refractivity contribution in [1.82, 2.24) is 20.3 Å². The van der Waals surface area contributed by atoms with Gasteiger partial charge >= 0.3 is 6.03 Å². The number of amides is 2. The van der Waals surface area contributed by atoms with Crippen molar-refractivity contribution in [2.45, 2.75) is 32.9 Å². The van der Waals surface area contributed by atoms with E-state index in [9.17, 15) is 4.79 Å². The maximum absolute atomic E-state index is 11.6. The summed E-state index contributed by atoms with van der Waals surface area (Å²) in [5.41, 5.74) is 8.48. The van der Waals surface area contributed by atoms with E-state index in [2.05, 4.69) is 22.1 Å². The molecule has 2 aliphatic heterocycles. The molecule has 0 saturated carbocycles. The van der Waals surface area contributed by atoms with Crippen molar-refractivity contribution in [2.24, 2.45) is 5.73 Å². The topological polar surface area (TPSA) is 110 Å². The average molecular weight is 397 g/mol. The lowest BCUT2D eigenvalue weighted by molar-refractivity contribution is 0.0984. The van der Waals surface area contributed by atoms with Gasteiger partial charge in [0, 0.05) is 37.0 Å². The fourth-order valence-corrected chi connectivity index (χ4v) is 3.86. The minimum absolute atomic E-state index is 0.264. The van der Waals surface area contributed by atoms with Gasteiger partial charge in [-0.2, -0.15) is 0 Å². The van der Waals surface area contributed by atoms with Crippen molar-refractivity contribution < 1.29 is 9.53 Å². The molecule has 9 nitrogen and oxygen atoms in total. The lowest BCUT2D eigenvalue weighted by atomic mass is 10.0. The maximum atomic E-state index is 11.6. The van der Waals surface area contributed by atoms with Gasteiger partial charge in [-0.15, -0.1) is 0 Å². The number of urea groups is 1. The number of pyridine rings is 1. The van der Waals surface area contributed by atoms with E-state index in [-0.39, 0.29) is 6.04 Å². The number of hydrogen-bond acceptors (Lipinski definition) is 7. The SMILES string of the molecule is CCN(C(N)=O)c1ccc(-c2nc3c(c(N4CCOC[C@@H]4C)n2)CCNC3)cn1. The molecule has 9 heteroatoms. The summed E-state index contributed by atoms with van der Waals surface area (Å²) in [5.74, 6) is 2.16. The zero-order valence-corrected chi connectivity index (χ0v) is 16.9. The smallest absolute Gasteiger partial charge is 0.320 e. The first-order valence-electron chi connectivity index (χ1n) is 10.1. The predicted octanol–water partition coefficient (Wildman–Crippen LogP) is 1.31. The van der Waals surface area contributed by atoms with Crippen LogP contribution in [0.4, 0.5) is 16.4 Å². The number of carbonyl (C=O) groups is 1. The molecule has 1 saturated heterocycles. The lowest BCUT2D eigenvalue weighted by Crippen LogP contribution is -2.45. The Hall–Kier alpha value is -2.78. The number of anilines is 2. The predicted molar refractivity (Wildman–Crippen MR) is 111 cm³/mol. The van der Waals surface area contributed by atoms with Gasteiger partial charge in [-0.05, 0) is 38.9 Å². The summed E-state index contributed by atoms with van der Waals surface area (Å²) < 4.78 is 5.61. The molecule has 4 rings (SSSR count). The van der Waals surface area contributed by atoms with Crippen LogP contribution in [0.5, 0.6) is 0 Å². The maximum Gasteiger partial charge on any atom is 0.320 e. The number of morpholine rings is 1. The molecule has 0 aliphatic carbocycles. The highest BCUT2D eigenvalue weighted by atomic mass is 16.5. The van der Waals surface area contributed by atoms with Crippen LogP contribution in [0.3, 0.4) is 0 Å². The second-order valence-corrected chi connectivity index (χ2v) is 7.33. The van der Waals surface area contributed by atoms with Crippen molar-refractivity contribution in [3.63, 3.8) is 0 Å². The summed E-state index contributed by atoms with van der Waals surface area (Å²) in [6.07, 6.45) is 2.61. The third kappa shape index (κ3) is 3.88. The molecule has 0 spiro atoms. The molecule has 2 amide bonds. The van der Waals surface area contributed by atoms with Crippen molar-refractivity contribution >= 4 is 17.7 Å². The van der Waals surface area contributed by atoms with Crippen LogP contribution in [0.25, 0.3) is 11.4 Å². The van der Waals surface area contributed by atoms with Crippen LogP contribution in [0.1, 0.15) is 25.1 Å². The number of aromatic nitrogens is 3. The van der Waals surface area contributed by atoms with Crippen LogP contribution in [0, 0.1) is 0 Å². The highest BCUT2D eigenvalue weighted by molar-refractivity contribution is 5.89. The normalized spacial score (nSPS) is 19.0. The molecule has 3 N–H and O–H groups in total. The number of fused-ring (bicyclic) bond motifs is 1. The Morgan fingerprint density at radius 2 is 2.28 bits per heavy atom. The second kappa shape index (κ2) is 8.30. The van der Waals surface area contributed by atoms with Crippen LogP contribution in [-0.4, -0.2) is 59.9 Å². The van der Waals surface area contributed by atoms with E-state index in [4.69, 9.17) is 20.4 Å². The molecular formula is C20H27N7O2. The van der Waals surface area contributed by atoms with Crippen molar-refractivity contribution in [1.29, 1.82) is 0 Å². The van der Waals surface area contributed by atoms with Gasteiger partial charge in [-0.25, -0.2) is 19.7 Å². The highest BCUT2D eigenvalue weighted by Crippen LogP contribution is 2.29. The molecular weight excluding hydrogens is 370 g/mol. The van der Waals surface area contributed by atoms with Crippen molar-refractivity contribution in [3.8, 4) is 11.4 Å². The van der Waals surface area contributed by atoms with Gasteiger partial charge in [0.1, 0.15) is 11.6 Å². The molecule has 29 heavy (non-hydrogen) atoms. The molecule has 2 aliphatic rings. The van der Waals surface area contributed by atoms with Gasteiger partial charge in [0.15, 0.2) is 5.82 Å². The zero-order valence-electron chi connectivity index (χ0n) is 16.9. The molecule has 0 aromatic carbocycles. The quantitative estimate of drug-likeness (QED) is 0.800. The number of ether oxygens (including phenoxy) is 1. The van der Waals surface area contributed by atoms with Gasteiger partial charge < -0.3 is 20.7 Å². The molecule has 1 atom stereocenters. The minimum atomic E-state index is -0.521. The standard InChI is InChI=1S/C20H27N7O2/c1-3-26(20(21)28)17-5-4-14(10-23-17)18-24-16-11-22-7-6-15(16)19(25-18)27-8-9-29-12-13(27)2/h4-5,10,13,22H,3,6-9,11-12H2,1-2H3,(H2,21,28)/t13-/m0/s1. The summed E-state index contributed by atoms with van der Waals surface area (Å²) in [6.45, 7) is 8.35. The number of rotatable bonds is 4. The lowest BCUT2D eigenvalue weighted by Gasteiger charge is -2.36. The third-order valence-electron chi connectivity index (χ3n) is 5.42. The highest BCUT2D eigenvalue weighted by Gasteiger charge is 2.27. The van der Waals surface area contributed by atoms with Gasteiger partial charge in [0.05, 0.1) is 24.9 Å². The first-order chi connectivity index (χ1) is 14.1. The van der Waals surface area contributed by atoms with E-state index in [1.807, 2.05) is 13.0 Å². The van der Waals surface area contributed by atoms with E-state index < -0.39 is 6.03 Å². The van der Waals surface area contributed by atoms with Crippen molar-refractivity contribution in [2.75, 3.05) is 42.6 Å². The largest absolute Gasteiger partial charge is 0.377 e. The summed E-state index contributed by atoms with van der Waals surface area (Å²) in [7, 11) is 0. The Bertz CT molecular complexity index is 887. The molecule has 0 radical (unpaired) electrons. The molecule has 4 heterocycles. The summed E-state index contributed by atoms with van der Waals surface area (Å²) in [6, 6.07) is 3.41. The van der Waals surface area contributed by atoms with Crippen LogP contribution in [0.15, 0.2) is 18.3 Å². The molecule has 0 unspecified atom stereocenters. The van der Waals surface area contributed by atoms with E-state index in [1.165, 1.54) is 10.5 Å². The van der Waals surface area contributed by atoms with E-state index in [0.29, 0.717) is 31.4 Å². The second-order valence-electron chi connectivity index (χ2n) is 7.33. The summed E-state index contributed by atoms with van der Waals surface area (Å²) in [5, 5.41) is 3.40. The summed E-state index contributed by atoms with van der Waals surface area (Å²) in [4.78, 5) is 29.5. The van der Waals surface area contributed by atoms with E-state index >= 15 is 0 Å². The Kier molecular flexibility index (Phi) is 5.59. The minimum Gasteiger partial charge on any atom is -0.377 e. The Balaban J connectivity index is 1.72. The Morgan fingerprint density at radius 3 is 2.97 bits per heavy atom. The molecule has 1 fully saturated rings. The first kappa shape index (κ1) is 19.5. The van der Waals surface area contributed by atoms with Crippen molar-refractivity contribution in [3.05, 3.63) is 29.6 Å². The number of nitrogens with one attached hydrogen (secondary N) is 1. The Morgan fingerprint density at radius 1 is 1.41 bits per heavy atom. The molecule has 0 bridgehead atoms. The number of primary amides is 1. The van der Waals surface area contributed by atoms with Crippen LogP contribution < -0.4 is 20.9 Å². The van der Waals surface area contributed by atoms with Gasteiger partial charge in [-0.3, -0.25) is 4.90 Å². The van der Waals surface area contributed by atoms with Gasteiger partial charge in [0.25, 0.3) is 0 Å². The average Bonchev–Trinajstić information content (AvgIpc) is 2.74. The molecule has 154 valence electrons. The van der Waals surface area contributed by atoms with E-state index in [0.717, 1.165) is 43.1 Å². The number of nitrogens with two attached hydrogens (primary N) is 1. The van der Waals surface area contributed by atoms with Crippen LogP contribution >= 0.6 is 0 Å². The van der Waals surface area contributed by atoms with Gasteiger partial charge in [-0.1, -0.05) is 0 Å². The molecule has 2 aromatic heterocycles. The van der Waals surface area contributed by atoms with Crippen LogP contribution in [0.2, 0.25) is 0 Å². The fraction of sp³-hybridized carbons (Fsp3) is 0.500. The zero-order chi connectivity index (χ0) is 20.4. The monoisotopic (exact) mass is 397 g/mol. The first-order valence-corrected chi connectivity index (χ1v) is 10.1. The number of hydrogen-bond donors (Lipinski definition) is 2. The fourth-order valence-electron chi connectivity index (χ4n) is 3.86. The van der Waals surface area contributed by atoms with Crippen LogP contribution in [-0.2, 0) is 17.7 Å². The molecule has 2 aromatic rings. The third-order valence-corrected chi connectivity index (χ3v) is 5.42. The number of nitrogens with zero attached hydrogens (tertiary/aromatic N) is 5. The van der Waals surface area contributed by atoms with E-state index in [1.54, 1.807) is 12.3 Å². The Labute approximate surface area is 170 Å². The summed E-state index contributed by atoms with van der Waals surface area (Å²) >= 11 is 0. The van der Waals surface area contributed by atoms with Gasteiger partial charge in [0.2, 0.25) is 0 Å².